The summed E-state index contributed by atoms with van der Waals surface area (Å²) in [6.07, 6.45) is 3.69. The standard InChI is InChI=1S/C14H23N3O/c1-9-6-10(2)8-11(7-9)16-14-12(15)4-5-13(17-14)18-3/h4-5,9-11H,6-8,15H2,1-3H3,(H,16,17). The summed E-state index contributed by atoms with van der Waals surface area (Å²) in [6, 6.07) is 4.09. The number of ether oxygens (including phenoxy) is 1. The molecule has 2 rings (SSSR count). The number of nitrogens with zero attached hydrogens (tertiary/aromatic N) is 1. The molecule has 100 valence electrons. The molecule has 0 bridgehead atoms. The molecule has 3 N–H and O–H groups in total. The molecule has 0 radical (unpaired) electrons. The molecule has 4 nitrogen and oxygen atoms in total. The minimum absolute atomic E-state index is 0.464. The highest BCUT2D eigenvalue weighted by Crippen LogP contribution is 2.31. The maximum atomic E-state index is 5.95. The average Bonchev–Trinajstić information content (AvgIpc) is 2.30. The van der Waals surface area contributed by atoms with Crippen LogP contribution >= 0.6 is 0 Å². The van der Waals surface area contributed by atoms with Crippen molar-refractivity contribution >= 4 is 11.5 Å². The first kappa shape index (κ1) is 13.0. The van der Waals surface area contributed by atoms with Gasteiger partial charge in [-0.25, -0.2) is 0 Å². The van der Waals surface area contributed by atoms with Crippen LogP contribution in [0, 0.1) is 11.8 Å². The summed E-state index contributed by atoms with van der Waals surface area (Å²) in [5, 5.41) is 3.47. The van der Waals surface area contributed by atoms with Crippen LogP contribution in [0.25, 0.3) is 0 Å². The third-order valence-electron chi connectivity index (χ3n) is 3.63. The predicted molar refractivity (Wildman–Crippen MR) is 74.8 cm³/mol. The molecule has 1 aromatic rings. The molecule has 1 fully saturated rings. The first-order valence-electron chi connectivity index (χ1n) is 6.65. The fourth-order valence-electron chi connectivity index (χ4n) is 2.94. The van der Waals surface area contributed by atoms with Gasteiger partial charge in [-0.3, -0.25) is 0 Å². The first-order valence-corrected chi connectivity index (χ1v) is 6.65. The van der Waals surface area contributed by atoms with E-state index in [0.29, 0.717) is 17.6 Å². The Balaban J connectivity index is 2.08. The van der Waals surface area contributed by atoms with E-state index in [4.69, 9.17) is 10.5 Å². The number of pyridine rings is 1. The van der Waals surface area contributed by atoms with E-state index in [-0.39, 0.29) is 0 Å². The lowest BCUT2D eigenvalue weighted by atomic mass is 9.80. The zero-order valence-electron chi connectivity index (χ0n) is 11.4. The van der Waals surface area contributed by atoms with Gasteiger partial charge in [-0.15, -0.1) is 0 Å². The largest absolute Gasteiger partial charge is 0.481 e. The second-order valence-corrected chi connectivity index (χ2v) is 5.55. The number of hydrogen-bond acceptors (Lipinski definition) is 4. The number of rotatable bonds is 3. The summed E-state index contributed by atoms with van der Waals surface area (Å²) in [7, 11) is 1.62. The molecule has 0 aliphatic heterocycles. The van der Waals surface area contributed by atoms with Crippen LogP contribution in [-0.4, -0.2) is 18.1 Å². The minimum atomic E-state index is 0.464. The lowest BCUT2D eigenvalue weighted by Gasteiger charge is -2.32. The Kier molecular flexibility index (Phi) is 3.94. The maximum Gasteiger partial charge on any atom is 0.215 e. The van der Waals surface area contributed by atoms with E-state index < -0.39 is 0 Å². The quantitative estimate of drug-likeness (QED) is 0.864. The Morgan fingerprint density at radius 1 is 1.22 bits per heavy atom. The lowest BCUT2D eigenvalue weighted by molar-refractivity contribution is 0.280. The van der Waals surface area contributed by atoms with Crippen LogP contribution in [0.2, 0.25) is 0 Å². The van der Waals surface area contributed by atoms with E-state index in [1.165, 1.54) is 19.3 Å². The van der Waals surface area contributed by atoms with Gasteiger partial charge in [0.2, 0.25) is 5.88 Å². The summed E-state index contributed by atoms with van der Waals surface area (Å²) < 4.78 is 5.13. The molecule has 0 saturated heterocycles. The molecule has 0 aromatic carbocycles. The van der Waals surface area contributed by atoms with Gasteiger partial charge in [-0.2, -0.15) is 4.98 Å². The number of anilines is 2. The smallest absolute Gasteiger partial charge is 0.215 e. The van der Waals surface area contributed by atoms with Crippen molar-refractivity contribution in [2.24, 2.45) is 11.8 Å². The topological polar surface area (TPSA) is 60.2 Å². The van der Waals surface area contributed by atoms with Crippen molar-refractivity contribution in [1.29, 1.82) is 0 Å². The average molecular weight is 249 g/mol. The van der Waals surface area contributed by atoms with Gasteiger partial charge in [0, 0.05) is 12.1 Å². The second kappa shape index (κ2) is 5.46. The number of nitrogens with one attached hydrogen (secondary N) is 1. The lowest BCUT2D eigenvalue weighted by Crippen LogP contribution is -2.30. The molecule has 1 aliphatic carbocycles. The van der Waals surface area contributed by atoms with Gasteiger partial charge in [0.1, 0.15) is 0 Å². The van der Waals surface area contributed by atoms with E-state index in [2.05, 4.69) is 24.1 Å². The number of nitrogens with two attached hydrogens (primary N) is 1. The maximum absolute atomic E-state index is 5.95. The van der Waals surface area contributed by atoms with E-state index in [0.717, 1.165) is 17.7 Å². The molecule has 2 unspecified atom stereocenters. The third-order valence-corrected chi connectivity index (χ3v) is 3.63. The highest BCUT2D eigenvalue weighted by Gasteiger charge is 2.24. The van der Waals surface area contributed by atoms with Crippen LogP contribution in [-0.2, 0) is 0 Å². The van der Waals surface area contributed by atoms with E-state index >= 15 is 0 Å². The zero-order chi connectivity index (χ0) is 13.1. The molecule has 18 heavy (non-hydrogen) atoms. The summed E-state index contributed by atoms with van der Waals surface area (Å²) in [5.74, 6) is 2.88. The minimum Gasteiger partial charge on any atom is -0.481 e. The Morgan fingerprint density at radius 2 is 1.89 bits per heavy atom. The van der Waals surface area contributed by atoms with Gasteiger partial charge in [0.15, 0.2) is 5.82 Å². The van der Waals surface area contributed by atoms with Crippen molar-refractivity contribution in [3.05, 3.63) is 12.1 Å². The number of hydrogen-bond donors (Lipinski definition) is 2. The molecular formula is C14H23N3O. The van der Waals surface area contributed by atoms with Crippen LogP contribution in [0.4, 0.5) is 11.5 Å². The zero-order valence-corrected chi connectivity index (χ0v) is 11.4. The van der Waals surface area contributed by atoms with Crippen LogP contribution < -0.4 is 15.8 Å². The highest BCUT2D eigenvalue weighted by atomic mass is 16.5. The van der Waals surface area contributed by atoms with Crippen molar-refractivity contribution in [3.63, 3.8) is 0 Å². The molecule has 0 amide bonds. The highest BCUT2D eigenvalue weighted by molar-refractivity contribution is 5.62. The van der Waals surface area contributed by atoms with Crippen molar-refractivity contribution in [2.75, 3.05) is 18.2 Å². The Bertz CT molecular complexity index is 398. The van der Waals surface area contributed by atoms with Crippen LogP contribution in [0.15, 0.2) is 12.1 Å². The van der Waals surface area contributed by atoms with Crippen LogP contribution in [0.3, 0.4) is 0 Å². The first-order chi connectivity index (χ1) is 8.58. The van der Waals surface area contributed by atoms with Crippen molar-refractivity contribution in [2.45, 2.75) is 39.2 Å². The molecule has 0 spiro atoms. The third kappa shape index (κ3) is 3.06. The second-order valence-electron chi connectivity index (χ2n) is 5.55. The molecular weight excluding hydrogens is 226 g/mol. The summed E-state index contributed by atoms with van der Waals surface area (Å²) in [5.41, 5.74) is 6.63. The molecule has 1 heterocycles. The van der Waals surface area contributed by atoms with Crippen molar-refractivity contribution in [3.8, 4) is 5.88 Å². The van der Waals surface area contributed by atoms with Crippen molar-refractivity contribution < 1.29 is 4.74 Å². The number of methoxy groups -OCH3 is 1. The van der Waals surface area contributed by atoms with Gasteiger partial charge in [0.05, 0.1) is 12.8 Å². The van der Waals surface area contributed by atoms with Gasteiger partial charge in [-0.1, -0.05) is 13.8 Å². The molecule has 1 aliphatic rings. The van der Waals surface area contributed by atoms with E-state index in [9.17, 15) is 0 Å². The van der Waals surface area contributed by atoms with Gasteiger partial charge in [0.25, 0.3) is 0 Å². The van der Waals surface area contributed by atoms with Gasteiger partial charge >= 0.3 is 0 Å². The van der Waals surface area contributed by atoms with E-state index in [1.54, 1.807) is 13.2 Å². The predicted octanol–water partition coefficient (Wildman–Crippen LogP) is 2.91. The summed E-state index contributed by atoms with van der Waals surface area (Å²) in [6.45, 7) is 4.62. The van der Waals surface area contributed by atoms with Gasteiger partial charge in [-0.05, 0) is 37.2 Å². The monoisotopic (exact) mass is 249 g/mol. The molecule has 1 aromatic heterocycles. The Morgan fingerprint density at radius 3 is 2.50 bits per heavy atom. The fraction of sp³-hybridized carbons (Fsp3) is 0.643. The number of aromatic nitrogens is 1. The van der Waals surface area contributed by atoms with Crippen molar-refractivity contribution in [1.82, 2.24) is 4.98 Å². The SMILES string of the molecule is COc1ccc(N)c(NC2CC(C)CC(C)C2)n1. The number of nitrogen functional groups attached to an aromatic ring is 1. The Hall–Kier alpha value is -1.45. The van der Waals surface area contributed by atoms with Crippen LogP contribution in [0.5, 0.6) is 5.88 Å². The van der Waals surface area contributed by atoms with Gasteiger partial charge < -0.3 is 15.8 Å². The molecule has 4 heteroatoms. The summed E-state index contributed by atoms with van der Waals surface area (Å²) in [4.78, 5) is 4.38. The fourth-order valence-corrected chi connectivity index (χ4v) is 2.94. The normalized spacial score (nSPS) is 27.8. The molecule has 1 saturated carbocycles. The Labute approximate surface area is 109 Å². The van der Waals surface area contributed by atoms with Crippen LogP contribution in [0.1, 0.15) is 33.1 Å². The molecule has 2 atom stereocenters. The van der Waals surface area contributed by atoms with E-state index in [1.807, 2.05) is 6.07 Å². The summed E-state index contributed by atoms with van der Waals surface area (Å²) >= 11 is 0.